The molecule has 0 bridgehead atoms. The van der Waals surface area contributed by atoms with Gasteiger partial charge in [-0.15, -0.1) is 0 Å². The topological polar surface area (TPSA) is 66.6 Å². The molecule has 0 unspecified atom stereocenters. The van der Waals surface area contributed by atoms with Gasteiger partial charge in [-0.3, -0.25) is 19.5 Å². The molecule has 1 amide bonds. The van der Waals surface area contributed by atoms with Crippen LogP contribution in [-0.4, -0.2) is 47.3 Å². The van der Waals surface area contributed by atoms with Crippen LogP contribution in [0.15, 0.2) is 0 Å². The summed E-state index contributed by atoms with van der Waals surface area (Å²) < 4.78 is 0. The van der Waals surface area contributed by atoms with Crippen LogP contribution >= 0.6 is 0 Å². The molecular weight excluding hydrogens is 266 g/mol. The van der Waals surface area contributed by atoms with Gasteiger partial charge in [0, 0.05) is 17.9 Å². The third-order valence-electron chi connectivity index (χ3n) is 5.20. The summed E-state index contributed by atoms with van der Waals surface area (Å²) in [6, 6.07) is 0.378. The number of likely N-dealkylation sites (N-methyl/N-ethyl adjacent to an activating group) is 1. The predicted molar refractivity (Wildman–Crippen MR) is 82.3 cm³/mol. The standard InChI is InChI=1S/C16H29N3O2/c1-3-18-10-6-7-13(18)11-19(17)16(21)15-9-5-4-8-14(15)12(2)20/h13-15H,3-11,17H2,1-2H3/t13-,14+,15+/m0/s1. The molecule has 5 heteroatoms. The molecule has 2 aliphatic rings. The number of hydrogen-bond donors (Lipinski definition) is 1. The molecule has 0 aromatic carbocycles. The van der Waals surface area contributed by atoms with E-state index in [1.807, 2.05) is 0 Å². The Morgan fingerprint density at radius 2 is 1.81 bits per heavy atom. The molecule has 1 heterocycles. The number of carbonyl (C=O) groups excluding carboxylic acids is 2. The first-order valence-corrected chi connectivity index (χ1v) is 8.35. The highest BCUT2D eigenvalue weighted by molar-refractivity contribution is 5.87. The molecule has 1 aliphatic carbocycles. The van der Waals surface area contributed by atoms with Crippen molar-refractivity contribution in [2.24, 2.45) is 17.7 Å². The monoisotopic (exact) mass is 295 g/mol. The van der Waals surface area contributed by atoms with Crippen molar-refractivity contribution in [1.29, 1.82) is 0 Å². The fourth-order valence-corrected chi connectivity index (χ4v) is 3.96. The molecule has 0 aromatic rings. The van der Waals surface area contributed by atoms with Crippen molar-refractivity contribution in [2.45, 2.75) is 58.4 Å². The van der Waals surface area contributed by atoms with Crippen LogP contribution in [0.4, 0.5) is 0 Å². The van der Waals surface area contributed by atoms with Crippen molar-refractivity contribution in [2.75, 3.05) is 19.6 Å². The number of nitrogens with two attached hydrogens (primary N) is 1. The largest absolute Gasteiger partial charge is 0.300 e. The molecule has 2 fully saturated rings. The lowest BCUT2D eigenvalue weighted by atomic mass is 9.76. The Balaban J connectivity index is 1.95. The van der Waals surface area contributed by atoms with Crippen LogP contribution in [-0.2, 0) is 9.59 Å². The molecule has 5 nitrogen and oxygen atoms in total. The molecule has 3 atom stereocenters. The maximum atomic E-state index is 12.6. The van der Waals surface area contributed by atoms with E-state index in [9.17, 15) is 9.59 Å². The van der Waals surface area contributed by atoms with Crippen LogP contribution in [0.2, 0.25) is 0 Å². The van der Waals surface area contributed by atoms with E-state index < -0.39 is 0 Å². The van der Waals surface area contributed by atoms with Crippen LogP contribution in [0.25, 0.3) is 0 Å². The SMILES string of the molecule is CCN1CCC[C@H]1CN(N)C(=O)[C@@H]1CCCC[C@@H]1C(C)=O. The van der Waals surface area contributed by atoms with Gasteiger partial charge in [0.2, 0.25) is 5.91 Å². The van der Waals surface area contributed by atoms with Crippen LogP contribution in [0.1, 0.15) is 52.4 Å². The zero-order valence-corrected chi connectivity index (χ0v) is 13.4. The number of ketones is 1. The van der Waals surface area contributed by atoms with Crippen molar-refractivity contribution in [3.8, 4) is 0 Å². The van der Waals surface area contributed by atoms with Crippen LogP contribution < -0.4 is 5.84 Å². The lowest BCUT2D eigenvalue weighted by Crippen LogP contribution is -2.50. The third kappa shape index (κ3) is 3.83. The summed E-state index contributed by atoms with van der Waals surface area (Å²) in [6.07, 6.45) is 6.00. The van der Waals surface area contributed by atoms with Gasteiger partial charge >= 0.3 is 0 Å². The van der Waals surface area contributed by atoms with Gasteiger partial charge < -0.3 is 0 Å². The van der Waals surface area contributed by atoms with Crippen molar-refractivity contribution in [3.63, 3.8) is 0 Å². The third-order valence-corrected chi connectivity index (χ3v) is 5.20. The smallest absolute Gasteiger partial charge is 0.240 e. The first kappa shape index (κ1) is 16.4. The van der Waals surface area contributed by atoms with E-state index in [0.29, 0.717) is 12.6 Å². The Morgan fingerprint density at radius 1 is 1.14 bits per heavy atom. The minimum absolute atomic E-state index is 0.0298. The Labute approximate surface area is 127 Å². The van der Waals surface area contributed by atoms with Crippen LogP contribution in [0.3, 0.4) is 0 Å². The van der Waals surface area contributed by atoms with E-state index in [4.69, 9.17) is 5.84 Å². The molecule has 0 radical (unpaired) electrons. The Kier molecular flexibility index (Phi) is 5.76. The second kappa shape index (κ2) is 7.36. The number of carbonyl (C=O) groups is 2. The molecule has 0 spiro atoms. The number of Topliss-reactive ketones (excluding diaryl/α,β-unsaturated/α-hetero) is 1. The zero-order valence-electron chi connectivity index (χ0n) is 13.4. The highest BCUT2D eigenvalue weighted by Gasteiger charge is 2.36. The summed E-state index contributed by atoms with van der Waals surface area (Å²) >= 11 is 0. The van der Waals surface area contributed by atoms with E-state index in [0.717, 1.165) is 45.2 Å². The van der Waals surface area contributed by atoms with Gasteiger partial charge in [-0.2, -0.15) is 0 Å². The van der Waals surface area contributed by atoms with E-state index in [1.54, 1.807) is 6.92 Å². The number of nitrogens with zero attached hydrogens (tertiary/aromatic N) is 2. The second-order valence-corrected chi connectivity index (χ2v) is 6.52. The number of amides is 1. The fourth-order valence-electron chi connectivity index (χ4n) is 3.96. The van der Waals surface area contributed by atoms with Gasteiger partial charge in [-0.25, -0.2) is 5.84 Å². The Hall–Kier alpha value is -0.940. The van der Waals surface area contributed by atoms with Gasteiger partial charge in [0.05, 0.1) is 6.54 Å². The highest BCUT2D eigenvalue weighted by atomic mass is 16.2. The van der Waals surface area contributed by atoms with Crippen molar-refractivity contribution >= 4 is 11.7 Å². The van der Waals surface area contributed by atoms with Gasteiger partial charge in [0.1, 0.15) is 5.78 Å². The predicted octanol–water partition coefficient (Wildman–Crippen LogP) is 1.57. The molecule has 21 heavy (non-hydrogen) atoms. The van der Waals surface area contributed by atoms with Crippen molar-refractivity contribution in [3.05, 3.63) is 0 Å². The minimum atomic E-state index is -0.197. The van der Waals surface area contributed by atoms with E-state index in [-0.39, 0.29) is 23.5 Å². The summed E-state index contributed by atoms with van der Waals surface area (Å²) in [7, 11) is 0. The first-order chi connectivity index (χ1) is 10.0. The summed E-state index contributed by atoms with van der Waals surface area (Å²) in [5.41, 5.74) is 0. The summed E-state index contributed by atoms with van der Waals surface area (Å²) in [6.45, 7) is 6.45. The molecular formula is C16H29N3O2. The normalized spacial score (nSPS) is 30.3. The molecule has 1 aliphatic heterocycles. The van der Waals surface area contributed by atoms with Gasteiger partial charge in [-0.05, 0) is 45.7 Å². The van der Waals surface area contributed by atoms with E-state index >= 15 is 0 Å². The van der Waals surface area contributed by atoms with E-state index in [2.05, 4.69) is 11.8 Å². The zero-order chi connectivity index (χ0) is 15.4. The van der Waals surface area contributed by atoms with E-state index in [1.165, 1.54) is 11.4 Å². The Bertz CT molecular complexity index is 386. The maximum absolute atomic E-state index is 12.6. The molecule has 2 N–H and O–H groups in total. The lowest BCUT2D eigenvalue weighted by molar-refractivity contribution is -0.143. The highest BCUT2D eigenvalue weighted by Crippen LogP contribution is 2.32. The molecule has 2 rings (SSSR count). The number of likely N-dealkylation sites (tertiary alicyclic amines) is 1. The summed E-state index contributed by atoms with van der Waals surface area (Å²) in [5, 5.41) is 1.39. The maximum Gasteiger partial charge on any atom is 0.240 e. The molecule has 120 valence electrons. The van der Waals surface area contributed by atoms with Crippen molar-refractivity contribution < 1.29 is 9.59 Å². The first-order valence-electron chi connectivity index (χ1n) is 8.35. The quantitative estimate of drug-likeness (QED) is 0.475. The van der Waals surface area contributed by atoms with Crippen LogP contribution in [0.5, 0.6) is 0 Å². The Morgan fingerprint density at radius 3 is 2.43 bits per heavy atom. The summed E-state index contributed by atoms with van der Waals surface area (Å²) in [4.78, 5) is 26.8. The second-order valence-electron chi connectivity index (χ2n) is 6.52. The van der Waals surface area contributed by atoms with Crippen LogP contribution in [0, 0.1) is 11.8 Å². The van der Waals surface area contributed by atoms with Gasteiger partial charge in [0.25, 0.3) is 0 Å². The average molecular weight is 295 g/mol. The summed E-state index contributed by atoms with van der Waals surface area (Å²) in [5.74, 6) is 5.84. The average Bonchev–Trinajstić information content (AvgIpc) is 2.93. The minimum Gasteiger partial charge on any atom is -0.300 e. The lowest BCUT2D eigenvalue weighted by Gasteiger charge is -2.33. The van der Waals surface area contributed by atoms with Crippen molar-refractivity contribution in [1.82, 2.24) is 9.91 Å². The number of hydrazine groups is 1. The van der Waals surface area contributed by atoms with Gasteiger partial charge in [0.15, 0.2) is 0 Å². The molecule has 1 saturated carbocycles. The number of hydrogen-bond acceptors (Lipinski definition) is 4. The molecule has 1 saturated heterocycles. The number of rotatable bonds is 5. The van der Waals surface area contributed by atoms with Gasteiger partial charge in [-0.1, -0.05) is 19.8 Å². The molecule has 0 aromatic heterocycles. The fraction of sp³-hybridized carbons (Fsp3) is 0.875.